The maximum absolute atomic E-state index is 11.8. The Kier molecular flexibility index (Phi) is 3.98. The van der Waals surface area contributed by atoms with Crippen LogP contribution in [0.2, 0.25) is 0 Å². The maximum Gasteiger partial charge on any atom is 0.335 e. The molecule has 0 atom stereocenters. The van der Waals surface area contributed by atoms with Crippen LogP contribution in [0.4, 0.5) is 0 Å². The van der Waals surface area contributed by atoms with Crippen LogP contribution in [0, 0.1) is 0 Å². The number of carbonyl (C=O) groups excluding carboxylic acids is 1. The number of carboxylic acids is 1. The zero-order valence-corrected chi connectivity index (χ0v) is 10.7. The number of aromatic amines is 2. The first kappa shape index (κ1) is 14.3. The van der Waals surface area contributed by atoms with Gasteiger partial charge in [-0.15, -0.1) is 0 Å². The lowest BCUT2D eigenvalue weighted by molar-refractivity contribution is 0.0696. The fraction of sp³-hybridized carbons (Fsp3) is 0.0769. The Hall–Kier alpha value is -3.16. The Morgan fingerprint density at radius 1 is 1.24 bits per heavy atom. The van der Waals surface area contributed by atoms with E-state index in [9.17, 15) is 19.2 Å². The molecule has 2 rings (SSSR count). The highest BCUT2D eigenvalue weighted by Gasteiger charge is 2.11. The van der Waals surface area contributed by atoms with Gasteiger partial charge in [-0.05, 0) is 17.7 Å². The van der Waals surface area contributed by atoms with Crippen LogP contribution in [0.15, 0.2) is 40.1 Å². The van der Waals surface area contributed by atoms with Crippen molar-refractivity contribution in [1.29, 1.82) is 0 Å². The fourth-order valence-electron chi connectivity index (χ4n) is 1.67. The highest BCUT2D eigenvalue weighted by molar-refractivity contribution is 5.93. The number of aromatic nitrogens is 2. The Balaban J connectivity index is 2.11. The number of benzene rings is 1. The molecule has 8 heteroatoms. The van der Waals surface area contributed by atoms with E-state index in [-0.39, 0.29) is 17.7 Å². The molecule has 8 nitrogen and oxygen atoms in total. The van der Waals surface area contributed by atoms with Crippen molar-refractivity contribution in [3.05, 3.63) is 68.0 Å². The number of rotatable bonds is 4. The average molecular weight is 289 g/mol. The second-order valence-corrected chi connectivity index (χ2v) is 4.17. The van der Waals surface area contributed by atoms with E-state index in [4.69, 9.17) is 5.11 Å². The molecule has 21 heavy (non-hydrogen) atoms. The summed E-state index contributed by atoms with van der Waals surface area (Å²) in [6.45, 7) is 0.0541. The summed E-state index contributed by atoms with van der Waals surface area (Å²) in [6, 6.07) is 6.04. The molecule has 1 amide bonds. The van der Waals surface area contributed by atoms with Crippen LogP contribution in [-0.4, -0.2) is 27.0 Å². The highest BCUT2D eigenvalue weighted by Crippen LogP contribution is 2.05. The van der Waals surface area contributed by atoms with Gasteiger partial charge in [0.05, 0.1) is 5.56 Å². The van der Waals surface area contributed by atoms with Crippen molar-refractivity contribution in [2.24, 2.45) is 0 Å². The van der Waals surface area contributed by atoms with Gasteiger partial charge in [-0.1, -0.05) is 12.1 Å². The number of hydrogen-bond donors (Lipinski definition) is 4. The third-order valence-electron chi connectivity index (χ3n) is 2.69. The van der Waals surface area contributed by atoms with Gasteiger partial charge in [-0.2, -0.15) is 0 Å². The second-order valence-electron chi connectivity index (χ2n) is 4.17. The number of hydrogen-bond acceptors (Lipinski definition) is 4. The largest absolute Gasteiger partial charge is 0.478 e. The predicted octanol–water partition coefficient (Wildman–Crippen LogP) is -0.309. The van der Waals surface area contributed by atoms with Gasteiger partial charge in [0.1, 0.15) is 5.56 Å². The van der Waals surface area contributed by atoms with Gasteiger partial charge in [-0.3, -0.25) is 14.6 Å². The fourth-order valence-corrected chi connectivity index (χ4v) is 1.67. The van der Waals surface area contributed by atoms with Gasteiger partial charge in [0.25, 0.3) is 11.5 Å². The summed E-state index contributed by atoms with van der Waals surface area (Å²) in [5.74, 6) is -1.74. The zero-order valence-electron chi connectivity index (χ0n) is 10.7. The molecular weight excluding hydrogens is 278 g/mol. The minimum Gasteiger partial charge on any atom is -0.478 e. The number of H-pyrrole nitrogens is 2. The third-order valence-corrected chi connectivity index (χ3v) is 2.69. The second kappa shape index (κ2) is 5.87. The Morgan fingerprint density at radius 3 is 2.67 bits per heavy atom. The number of aromatic carboxylic acids is 1. The van der Waals surface area contributed by atoms with Crippen molar-refractivity contribution in [2.75, 3.05) is 0 Å². The summed E-state index contributed by atoms with van der Waals surface area (Å²) >= 11 is 0. The smallest absolute Gasteiger partial charge is 0.335 e. The maximum atomic E-state index is 11.8. The number of carboxylic acid groups (broad SMARTS) is 1. The van der Waals surface area contributed by atoms with Crippen molar-refractivity contribution >= 4 is 11.9 Å². The van der Waals surface area contributed by atoms with Crippen molar-refractivity contribution in [3.63, 3.8) is 0 Å². The first-order chi connectivity index (χ1) is 9.97. The summed E-state index contributed by atoms with van der Waals surface area (Å²) in [7, 11) is 0. The van der Waals surface area contributed by atoms with Gasteiger partial charge >= 0.3 is 11.7 Å². The topological polar surface area (TPSA) is 132 Å². The molecular formula is C13H11N3O5. The molecule has 0 radical (unpaired) electrons. The van der Waals surface area contributed by atoms with E-state index in [1.807, 2.05) is 4.98 Å². The van der Waals surface area contributed by atoms with E-state index >= 15 is 0 Å². The van der Waals surface area contributed by atoms with Crippen LogP contribution in [-0.2, 0) is 6.54 Å². The van der Waals surface area contributed by atoms with Gasteiger partial charge in [0, 0.05) is 12.7 Å². The van der Waals surface area contributed by atoms with Gasteiger partial charge in [0.2, 0.25) is 0 Å². The third kappa shape index (κ3) is 3.44. The average Bonchev–Trinajstić information content (AvgIpc) is 2.45. The minimum absolute atomic E-state index is 0.0541. The van der Waals surface area contributed by atoms with E-state index in [1.165, 1.54) is 12.1 Å². The lowest BCUT2D eigenvalue weighted by Crippen LogP contribution is -2.33. The van der Waals surface area contributed by atoms with E-state index < -0.39 is 23.1 Å². The zero-order chi connectivity index (χ0) is 15.4. The van der Waals surface area contributed by atoms with Crippen LogP contribution in [0.3, 0.4) is 0 Å². The molecule has 0 aliphatic rings. The van der Waals surface area contributed by atoms with E-state index in [1.54, 1.807) is 12.1 Å². The summed E-state index contributed by atoms with van der Waals surface area (Å²) in [5.41, 5.74) is -1.06. The lowest BCUT2D eigenvalue weighted by atomic mass is 10.1. The van der Waals surface area contributed by atoms with Crippen molar-refractivity contribution in [1.82, 2.24) is 15.3 Å². The van der Waals surface area contributed by atoms with Crippen LogP contribution < -0.4 is 16.6 Å². The lowest BCUT2D eigenvalue weighted by Gasteiger charge is -2.05. The molecule has 0 saturated heterocycles. The van der Waals surface area contributed by atoms with Crippen LogP contribution in [0.5, 0.6) is 0 Å². The van der Waals surface area contributed by atoms with Crippen molar-refractivity contribution < 1.29 is 14.7 Å². The van der Waals surface area contributed by atoms with Crippen molar-refractivity contribution in [2.45, 2.75) is 6.54 Å². The van der Waals surface area contributed by atoms with E-state index in [0.29, 0.717) is 5.56 Å². The number of amides is 1. The molecule has 4 N–H and O–H groups in total. The summed E-state index contributed by atoms with van der Waals surface area (Å²) in [6.07, 6.45) is 1.02. The molecule has 1 aromatic heterocycles. The molecule has 1 heterocycles. The first-order valence-electron chi connectivity index (χ1n) is 5.90. The molecule has 0 saturated carbocycles. The quantitative estimate of drug-likeness (QED) is 0.613. The predicted molar refractivity (Wildman–Crippen MR) is 72.3 cm³/mol. The van der Waals surface area contributed by atoms with Gasteiger partial charge < -0.3 is 15.4 Å². The van der Waals surface area contributed by atoms with Crippen LogP contribution in [0.1, 0.15) is 26.3 Å². The molecule has 0 spiro atoms. The Bertz CT molecular complexity index is 806. The molecule has 0 aliphatic heterocycles. The van der Waals surface area contributed by atoms with Crippen LogP contribution >= 0.6 is 0 Å². The molecule has 2 aromatic rings. The number of nitrogens with one attached hydrogen (secondary N) is 3. The van der Waals surface area contributed by atoms with Crippen molar-refractivity contribution in [3.8, 4) is 0 Å². The van der Waals surface area contributed by atoms with E-state index in [0.717, 1.165) is 6.20 Å². The summed E-state index contributed by atoms with van der Waals surface area (Å²) < 4.78 is 0. The standard InChI is InChI=1S/C13H11N3O5/c17-10(9-6-15-13(21)16-11(9)18)14-5-7-2-1-3-8(4-7)12(19)20/h1-4,6H,5H2,(H,14,17)(H,19,20)(H2,15,16,18,21). The molecule has 0 fully saturated rings. The Morgan fingerprint density at radius 2 is 2.00 bits per heavy atom. The molecule has 108 valence electrons. The monoisotopic (exact) mass is 289 g/mol. The SMILES string of the molecule is O=C(O)c1cccc(CNC(=O)c2c[nH]c(=O)[nH]c2=O)c1. The van der Waals surface area contributed by atoms with Crippen LogP contribution in [0.25, 0.3) is 0 Å². The number of carbonyl (C=O) groups is 2. The Labute approximate surface area is 117 Å². The van der Waals surface area contributed by atoms with Gasteiger partial charge in [-0.25, -0.2) is 9.59 Å². The summed E-state index contributed by atoms with van der Waals surface area (Å²) in [4.78, 5) is 49.0. The van der Waals surface area contributed by atoms with E-state index in [2.05, 4.69) is 10.3 Å². The van der Waals surface area contributed by atoms with Gasteiger partial charge in [0.15, 0.2) is 0 Å². The molecule has 0 bridgehead atoms. The highest BCUT2D eigenvalue weighted by atomic mass is 16.4. The molecule has 0 aliphatic carbocycles. The normalized spacial score (nSPS) is 10.1. The first-order valence-corrected chi connectivity index (χ1v) is 5.90. The molecule has 1 aromatic carbocycles. The minimum atomic E-state index is -1.07. The molecule has 0 unspecified atom stereocenters. The summed E-state index contributed by atoms with van der Waals surface area (Å²) in [5, 5.41) is 11.3.